The van der Waals surface area contributed by atoms with Crippen LogP contribution < -0.4 is 5.32 Å². The second-order valence-corrected chi connectivity index (χ2v) is 24.9. The van der Waals surface area contributed by atoms with Crippen molar-refractivity contribution in [1.82, 2.24) is 5.32 Å². The van der Waals surface area contributed by atoms with Crippen LogP contribution in [0.15, 0.2) is 71.8 Å². The van der Waals surface area contributed by atoms with Crippen LogP contribution >= 0.6 is 69.6 Å². The lowest BCUT2D eigenvalue weighted by atomic mass is 9.44. The van der Waals surface area contributed by atoms with E-state index in [2.05, 4.69) is 5.32 Å². The van der Waals surface area contributed by atoms with Gasteiger partial charge in [-0.25, -0.2) is 28.4 Å². The highest BCUT2D eigenvalue weighted by Crippen LogP contribution is 2.65. The van der Waals surface area contributed by atoms with Crippen molar-refractivity contribution >= 4 is 112 Å². The van der Waals surface area contributed by atoms with Gasteiger partial charge in [0.15, 0.2) is 23.6 Å². The SMILES string of the molecule is CC(=O)O[C@@]12CO[C@@H]1C[C@H](OC(=O)OCC(Cl)(Cl)Cl)[C@@]1(C)C(=O)[C@H](OC(=O)OCC(Cl)(Cl)Cl)C3=C(C)[C@@H](OC(=O)[C@H](O)[C@@H](NC(=O)OC(C)(C)CF)c4ccccc4)C[C@@](O)([C@@H](OC(=O)c4ccccc4)[C@H]21)C3(C)C. The molecule has 1 aliphatic heterocycles. The fourth-order valence-electron chi connectivity index (χ4n) is 10.3. The fraction of sp³-hybridized carbons (Fsp3) is 0.571. The summed E-state index contributed by atoms with van der Waals surface area (Å²) in [6.07, 6.45) is -17.1. The molecule has 3 fully saturated rings. The van der Waals surface area contributed by atoms with Crippen molar-refractivity contribution < 1.29 is 90.8 Å². The van der Waals surface area contributed by atoms with Gasteiger partial charge in [0, 0.05) is 25.2 Å². The van der Waals surface area contributed by atoms with Gasteiger partial charge in [0.2, 0.25) is 7.59 Å². The molecule has 4 aliphatic rings. The van der Waals surface area contributed by atoms with E-state index in [1.807, 2.05) is 0 Å². The number of hydrogen-bond donors (Lipinski definition) is 3. The molecular weight excluding hydrogens is 1120 g/mol. The minimum Gasteiger partial charge on any atom is -0.456 e. The molecule has 1 amide bonds. The number of aliphatic hydroxyl groups excluding tert-OH is 1. The number of halogens is 7. The largest absolute Gasteiger partial charge is 0.509 e. The number of nitrogens with one attached hydrogen (secondary N) is 1. The zero-order chi connectivity index (χ0) is 55.9. The Labute approximate surface area is 460 Å². The van der Waals surface area contributed by atoms with Gasteiger partial charge >= 0.3 is 36.3 Å². The van der Waals surface area contributed by atoms with Crippen LogP contribution in [0, 0.1) is 16.7 Å². The molecule has 11 atom stereocenters. The maximum Gasteiger partial charge on any atom is 0.509 e. The number of benzene rings is 2. The van der Waals surface area contributed by atoms with Crippen LogP contribution in [0.5, 0.6) is 0 Å². The van der Waals surface area contributed by atoms with Crippen LogP contribution in [-0.2, 0) is 57.0 Å². The van der Waals surface area contributed by atoms with E-state index in [4.69, 9.17) is 112 Å². The van der Waals surface area contributed by atoms with Crippen LogP contribution in [0.3, 0.4) is 0 Å². The van der Waals surface area contributed by atoms with Crippen LogP contribution in [0.4, 0.5) is 18.8 Å². The fourth-order valence-corrected chi connectivity index (χ4v) is 10.7. The second kappa shape index (κ2) is 22.5. The van der Waals surface area contributed by atoms with Gasteiger partial charge in [-0.3, -0.25) is 9.59 Å². The van der Waals surface area contributed by atoms with Gasteiger partial charge in [-0.1, -0.05) is 132 Å². The Morgan fingerprint density at radius 2 is 1.41 bits per heavy atom. The molecule has 26 heteroatoms. The zero-order valence-corrected chi connectivity index (χ0v) is 45.7. The van der Waals surface area contributed by atoms with Gasteiger partial charge in [-0.15, -0.1) is 0 Å². The summed E-state index contributed by atoms with van der Waals surface area (Å²) in [5.74, 6) is -6.54. The van der Waals surface area contributed by atoms with E-state index in [-0.39, 0.29) is 22.3 Å². The summed E-state index contributed by atoms with van der Waals surface area (Å²) in [6.45, 7) is 5.61. The summed E-state index contributed by atoms with van der Waals surface area (Å²) < 4.78 is 61.2. The molecule has 19 nitrogen and oxygen atoms in total. The number of esters is 3. The maximum absolute atomic E-state index is 16.3. The van der Waals surface area contributed by atoms with Crippen molar-refractivity contribution in [3.05, 3.63) is 82.9 Å². The first-order valence-corrected chi connectivity index (χ1v) is 25.3. The number of ketones is 1. The number of fused-ring (bicyclic) bond motifs is 5. The van der Waals surface area contributed by atoms with E-state index in [0.29, 0.717) is 0 Å². The molecular formula is C49H54Cl6FNO18. The van der Waals surface area contributed by atoms with Crippen molar-refractivity contribution in [2.75, 3.05) is 26.5 Å². The van der Waals surface area contributed by atoms with Crippen LogP contribution in [0.25, 0.3) is 0 Å². The molecule has 1 heterocycles. The molecule has 6 rings (SSSR count). The predicted molar refractivity (Wildman–Crippen MR) is 265 cm³/mol. The Balaban J connectivity index is 1.60. The highest BCUT2D eigenvalue weighted by Gasteiger charge is 2.79. The standard InChI is InChI=1S/C49H54Cl6FNO18/c1-24-28(70-39(62)33(59)32(26-14-10-8-11-15-26)57-40(63)75-43(3,4)20-56)19-47(66)37(73-38(61)27-16-12-9-13-17-27)35-45(7,36(60)34(31(24)44(47,5)6)72-42(65)69-23-49(53,54)55)29(71-41(64)68-22-48(50,51)52)18-30-46(35,21-67-30)74-25(2)58/h8-17,28-30,32-35,37,59,66H,18-23H2,1-7H3,(H,57,63)/t28-,29-,30+,32-,33+,34+,35-,37-,45+,46-,47+/m0/s1. The Kier molecular flexibility index (Phi) is 18.0. The lowest BCUT2D eigenvalue weighted by Crippen LogP contribution is -2.82. The van der Waals surface area contributed by atoms with Crippen molar-refractivity contribution in [3.8, 4) is 0 Å². The summed E-state index contributed by atoms with van der Waals surface area (Å²) in [6, 6.07) is 13.4. The third kappa shape index (κ3) is 12.7. The van der Waals surface area contributed by atoms with Gasteiger partial charge in [0.25, 0.3) is 0 Å². The highest BCUT2D eigenvalue weighted by molar-refractivity contribution is 6.68. The number of ether oxygens (including phenoxy) is 9. The molecule has 412 valence electrons. The summed E-state index contributed by atoms with van der Waals surface area (Å²) in [7, 11) is 0. The molecule has 0 spiro atoms. The third-order valence-corrected chi connectivity index (χ3v) is 14.6. The average molecular weight is 1180 g/mol. The Morgan fingerprint density at radius 3 is 1.93 bits per heavy atom. The smallest absolute Gasteiger partial charge is 0.456 e. The number of aliphatic hydroxyl groups is 2. The molecule has 2 saturated carbocycles. The van der Waals surface area contributed by atoms with Crippen molar-refractivity contribution in [1.29, 1.82) is 0 Å². The molecule has 0 radical (unpaired) electrons. The van der Waals surface area contributed by atoms with E-state index >= 15 is 4.79 Å². The number of carbonyl (C=O) groups is 7. The monoisotopic (exact) mass is 1170 g/mol. The van der Waals surface area contributed by atoms with Crippen LogP contribution in [-0.4, -0.2) is 140 Å². The Hall–Kier alpha value is -4.38. The minimum absolute atomic E-state index is 0.0736. The first-order valence-electron chi connectivity index (χ1n) is 23.1. The van der Waals surface area contributed by atoms with Crippen molar-refractivity contribution in [3.63, 3.8) is 0 Å². The van der Waals surface area contributed by atoms with Gasteiger partial charge in [0.1, 0.15) is 55.5 Å². The Morgan fingerprint density at radius 1 is 0.853 bits per heavy atom. The van der Waals surface area contributed by atoms with Crippen molar-refractivity contribution in [2.24, 2.45) is 16.7 Å². The minimum atomic E-state index is -2.69. The van der Waals surface area contributed by atoms with E-state index < -0.39 is 165 Å². The number of alkyl carbamates (subject to hydrolysis) is 1. The number of hydrogen-bond acceptors (Lipinski definition) is 18. The molecule has 75 heavy (non-hydrogen) atoms. The first kappa shape index (κ1) is 59.9. The lowest BCUT2D eigenvalue weighted by Gasteiger charge is -2.67. The molecule has 0 unspecified atom stereocenters. The zero-order valence-electron chi connectivity index (χ0n) is 41.2. The molecule has 1 saturated heterocycles. The van der Waals surface area contributed by atoms with Crippen LogP contribution in [0.1, 0.15) is 83.3 Å². The first-order chi connectivity index (χ1) is 34.7. The number of carbonyl (C=O) groups excluding carboxylic acids is 7. The molecule has 0 aromatic heterocycles. The predicted octanol–water partition coefficient (Wildman–Crippen LogP) is 8.27. The van der Waals surface area contributed by atoms with Crippen LogP contribution in [0.2, 0.25) is 0 Å². The molecule has 3 N–H and O–H groups in total. The second-order valence-electron chi connectivity index (χ2n) is 19.8. The van der Waals surface area contributed by atoms with E-state index in [0.717, 1.165) is 6.92 Å². The maximum atomic E-state index is 16.3. The number of alkyl halides is 7. The van der Waals surface area contributed by atoms with Gasteiger partial charge < -0.3 is 58.2 Å². The van der Waals surface area contributed by atoms with E-state index in [1.54, 1.807) is 12.1 Å². The molecule has 2 aromatic carbocycles. The summed E-state index contributed by atoms with van der Waals surface area (Å²) in [5.41, 5.74) is -11.1. The van der Waals surface area contributed by atoms with E-state index in [1.165, 1.54) is 90.1 Å². The lowest BCUT2D eigenvalue weighted by molar-refractivity contribution is -0.346. The Bertz CT molecular complexity index is 2540. The highest BCUT2D eigenvalue weighted by atomic mass is 35.6. The molecule has 3 aliphatic carbocycles. The van der Waals surface area contributed by atoms with Gasteiger partial charge in [0.05, 0.1) is 29.5 Å². The van der Waals surface area contributed by atoms with Crippen molar-refractivity contribution in [2.45, 2.75) is 128 Å². The summed E-state index contributed by atoms with van der Waals surface area (Å²) >= 11 is 35.3. The van der Waals surface area contributed by atoms with E-state index in [9.17, 15) is 43.4 Å². The van der Waals surface area contributed by atoms with Gasteiger partial charge in [-0.2, -0.15) is 0 Å². The summed E-state index contributed by atoms with van der Waals surface area (Å²) in [5, 5.41) is 28.2. The third-order valence-electron chi connectivity index (χ3n) is 14.0. The molecule has 2 aromatic rings. The molecule has 2 bridgehead atoms. The topological polar surface area (TPSA) is 255 Å². The number of amides is 1. The average Bonchev–Trinajstić information content (AvgIpc) is 3.32. The quantitative estimate of drug-likeness (QED) is 0.0696. The normalized spacial score (nSPS) is 28.9. The van der Waals surface area contributed by atoms with Gasteiger partial charge in [-0.05, 0) is 56.5 Å². The number of rotatable bonds is 14. The number of Topliss-reactive ketones (excluding diaryl/α,β-unsaturated/α-hetero) is 1. The summed E-state index contributed by atoms with van der Waals surface area (Å²) in [4.78, 5) is 99.4.